The number of carboxylic acid groups (broad SMARTS) is 2. The van der Waals surface area contributed by atoms with Crippen molar-refractivity contribution in [1.82, 2.24) is 31.9 Å². The van der Waals surface area contributed by atoms with Gasteiger partial charge in [0.05, 0.1) is 18.2 Å². The smallest absolute Gasteiger partial charge is 0.328 e. The molecule has 3 aromatic rings. The summed E-state index contributed by atoms with van der Waals surface area (Å²) in [7, 11) is 0. The van der Waals surface area contributed by atoms with E-state index >= 15 is 0 Å². The van der Waals surface area contributed by atoms with Crippen molar-refractivity contribution < 1.29 is 63.9 Å². The molecule has 6 amide bonds. The second-order valence-corrected chi connectivity index (χ2v) is 16.1. The Morgan fingerprint density at radius 1 is 0.507 bits per heavy atom. The average Bonchev–Trinajstić information content (AvgIpc) is 3.28. The molecule has 0 heterocycles. The third-order valence-electron chi connectivity index (χ3n) is 10.5. The summed E-state index contributed by atoms with van der Waals surface area (Å²) in [6, 6.07) is 12.8. The molecule has 0 saturated carbocycles. The first-order valence-corrected chi connectivity index (χ1v) is 21.7. The first-order valence-electron chi connectivity index (χ1n) is 21.7. The van der Waals surface area contributed by atoms with E-state index in [9.17, 15) is 63.9 Å². The quantitative estimate of drug-likeness (QED) is 0.0369. The molecule has 0 fully saturated rings. The molecular formula is C46H62N8O13. The number of carboxylic acids is 2. The van der Waals surface area contributed by atoms with E-state index < -0.39 is 115 Å². The van der Waals surface area contributed by atoms with Gasteiger partial charge in [-0.15, -0.1) is 0 Å². The van der Waals surface area contributed by atoms with Gasteiger partial charge in [-0.1, -0.05) is 72.8 Å². The molecule has 0 unspecified atom stereocenters. The number of carbonyl (C=O) groups excluding carboxylic acids is 6. The van der Waals surface area contributed by atoms with Crippen LogP contribution < -0.4 is 43.4 Å². The summed E-state index contributed by atoms with van der Waals surface area (Å²) in [5.41, 5.74) is 13.7. The molecule has 3 aromatic carbocycles. The summed E-state index contributed by atoms with van der Waals surface area (Å²) in [4.78, 5) is 106. The number of unbranched alkanes of at least 4 members (excludes halogenated alkanes) is 1. The molecule has 0 aromatic heterocycles. The molecule has 0 aliphatic heterocycles. The van der Waals surface area contributed by atoms with Crippen LogP contribution >= 0.6 is 0 Å². The lowest BCUT2D eigenvalue weighted by Crippen LogP contribution is -2.62. The predicted octanol–water partition coefficient (Wildman–Crippen LogP) is -1.50. The van der Waals surface area contributed by atoms with E-state index in [0.29, 0.717) is 17.5 Å². The van der Waals surface area contributed by atoms with Gasteiger partial charge in [0.15, 0.2) is 6.04 Å². The Kier molecular flexibility index (Phi) is 22.3. The molecule has 364 valence electrons. The van der Waals surface area contributed by atoms with Crippen LogP contribution in [0.4, 0.5) is 0 Å². The fourth-order valence-corrected chi connectivity index (χ4v) is 6.78. The minimum Gasteiger partial charge on any atom is -0.508 e. The monoisotopic (exact) mass is 934 g/mol. The lowest BCUT2D eigenvalue weighted by Gasteiger charge is -2.28. The topological polar surface area (TPSA) is 362 Å². The molecule has 0 saturated heterocycles. The van der Waals surface area contributed by atoms with Crippen LogP contribution in [0.2, 0.25) is 0 Å². The van der Waals surface area contributed by atoms with E-state index in [1.807, 2.05) is 6.07 Å². The molecule has 0 spiro atoms. The number of nitrogens with two attached hydrogens (primary N) is 2. The Bertz CT molecular complexity index is 2110. The Labute approximate surface area is 387 Å². The van der Waals surface area contributed by atoms with Gasteiger partial charge in [-0.3, -0.25) is 33.6 Å². The molecule has 21 heteroatoms. The first-order chi connectivity index (χ1) is 31.8. The number of aliphatic hydroxyl groups excluding tert-OH is 2. The number of hydrogen-bond acceptors (Lipinski definition) is 13. The van der Waals surface area contributed by atoms with Crippen LogP contribution in [0.3, 0.4) is 0 Å². The fourth-order valence-electron chi connectivity index (χ4n) is 6.78. The normalized spacial score (nSPS) is 15.1. The Hall–Kier alpha value is -6.94. The molecule has 3 rings (SSSR count). The lowest BCUT2D eigenvalue weighted by atomic mass is 10.0. The van der Waals surface area contributed by atoms with Gasteiger partial charge in [0, 0.05) is 19.3 Å². The number of phenols is 1. The number of benzene rings is 3. The molecule has 21 nitrogen and oxygen atoms in total. The Morgan fingerprint density at radius 3 is 1.43 bits per heavy atom. The SMILES string of the molecule is C[C@@H](O)[C@H](NC(=O)[C@H](CCCCN)NC(=O)[C@H](CCC(=O)O)NC(=O)[C@@H](NC(=O)[C@H](Cc1ccc(O)cc1)NC(=O)[C@H](Cc1ccccc1)NC(=O)[C@@H](N)Cc1ccccc1)[C@@H](C)O)C(=O)O. The highest BCUT2D eigenvalue weighted by molar-refractivity contribution is 5.97. The maximum atomic E-state index is 14.2. The van der Waals surface area contributed by atoms with Crippen LogP contribution in [0.5, 0.6) is 5.75 Å². The summed E-state index contributed by atoms with van der Waals surface area (Å²) in [5, 5.41) is 64.2. The van der Waals surface area contributed by atoms with E-state index in [-0.39, 0.29) is 44.4 Å². The van der Waals surface area contributed by atoms with Crippen LogP contribution in [-0.4, -0.2) is 134 Å². The number of phenolic OH excluding ortho intramolecular Hbond substituents is 1. The summed E-state index contributed by atoms with van der Waals surface area (Å²) in [5.74, 6) is -8.75. The number of rotatable bonds is 28. The van der Waals surface area contributed by atoms with Crippen molar-refractivity contribution >= 4 is 47.4 Å². The lowest BCUT2D eigenvalue weighted by molar-refractivity contribution is -0.145. The van der Waals surface area contributed by atoms with Crippen molar-refractivity contribution in [3.8, 4) is 5.75 Å². The van der Waals surface area contributed by atoms with Crippen molar-refractivity contribution in [2.24, 2.45) is 11.5 Å². The van der Waals surface area contributed by atoms with Crippen LogP contribution in [0.1, 0.15) is 62.6 Å². The van der Waals surface area contributed by atoms with E-state index in [1.165, 1.54) is 24.3 Å². The van der Waals surface area contributed by atoms with Gasteiger partial charge < -0.3 is 68.9 Å². The van der Waals surface area contributed by atoms with Crippen molar-refractivity contribution in [1.29, 1.82) is 0 Å². The largest absolute Gasteiger partial charge is 0.508 e. The molecule has 0 aliphatic carbocycles. The average molecular weight is 935 g/mol. The number of hydrogen-bond donors (Lipinski definition) is 13. The molecule has 0 radical (unpaired) electrons. The minimum atomic E-state index is -1.84. The number of carbonyl (C=O) groups is 8. The van der Waals surface area contributed by atoms with Gasteiger partial charge in [-0.25, -0.2) is 4.79 Å². The Balaban J connectivity index is 1.91. The van der Waals surface area contributed by atoms with Crippen LogP contribution in [-0.2, 0) is 57.6 Å². The Morgan fingerprint density at radius 2 is 0.925 bits per heavy atom. The zero-order valence-electron chi connectivity index (χ0n) is 37.3. The first kappa shape index (κ1) is 54.4. The second-order valence-electron chi connectivity index (χ2n) is 16.1. The molecule has 0 aliphatic rings. The summed E-state index contributed by atoms with van der Waals surface area (Å²) in [6.45, 7) is 2.49. The maximum Gasteiger partial charge on any atom is 0.328 e. The standard InChI is InChI=1S/C46H62N8O13/c1-26(55)38(45(65)50-34(20-21-37(58)59)41(61)49-33(15-9-10-22-47)42(62)54-39(27(2)56)46(66)67)53-44(64)36(25-30-16-18-31(57)19-17-30)52-43(63)35(24-29-13-7-4-8-14-29)51-40(60)32(48)23-28-11-5-3-6-12-28/h3-8,11-14,16-19,26-27,32-36,38-39,55-57H,9-10,15,20-25,47-48H2,1-2H3,(H,49,61)(H,50,65)(H,51,60)(H,52,63)(H,53,64)(H,54,62)(H,58,59)(H,66,67)/t26-,27-,32+,33+,34+,35+,36+,38+,39+/m1/s1. The molecule has 0 bridgehead atoms. The minimum absolute atomic E-state index is 0.0290. The van der Waals surface area contributed by atoms with Gasteiger partial charge in [0.25, 0.3) is 0 Å². The molecule has 9 atom stereocenters. The van der Waals surface area contributed by atoms with Crippen LogP contribution in [0, 0.1) is 0 Å². The third-order valence-corrected chi connectivity index (χ3v) is 10.5. The van der Waals surface area contributed by atoms with Gasteiger partial charge in [0.1, 0.15) is 36.0 Å². The number of nitrogens with one attached hydrogen (secondary N) is 6. The summed E-state index contributed by atoms with van der Waals surface area (Å²) in [6.07, 6.45) is -3.93. The predicted molar refractivity (Wildman–Crippen MR) is 242 cm³/mol. The summed E-state index contributed by atoms with van der Waals surface area (Å²) >= 11 is 0. The van der Waals surface area contributed by atoms with E-state index in [4.69, 9.17) is 11.5 Å². The van der Waals surface area contributed by atoms with Crippen molar-refractivity contribution in [2.75, 3.05) is 6.54 Å². The van der Waals surface area contributed by atoms with Gasteiger partial charge in [-0.2, -0.15) is 0 Å². The van der Waals surface area contributed by atoms with Crippen molar-refractivity contribution in [3.05, 3.63) is 102 Å². The summed E-state index contributed by atoms with van der Waals surface area (Å²) < 4.78 is 0. The number of aliphatic hydroxyl groups is 2. The van der Waals surface area contributed by atoms with Gasteiger partial charge in [-0.05, 0) is 81.3 Å². The van der Waals surface area contributed by atoms with Crippen LogP contribution in [0.15, 0.2) is 84.9 Å². The maximum absolute atomic E-state index is 14.2. The zero-order valence-corrected chi connectivity index (χ0v) is 37.3. The van der Waals surface area contributed by atoms with E-state index in [2.05, 4.69) is 31.9 Å². The molecule has 15 N–H and O–H groups in total. The highest BCUT2D eigenvalue weighted by atomic mass is 16.4. The number of aromatic hydroxyl groups is 1. The third kappa shape index (κ3) is 18.8. The number of aliphatic carboxylic acids is 2. The van der Waals surface area contributed by atoms with Crippen molar-refractivity contribution in [3.63, 3.8) is 0 Å². The van der Waals surface area contributed by atoms with E-state index in [1.54, 1.807) is 54.6 Å². The fraction of sp³-hybridized carbons (Fsp3) is 0.435. The van der Waals surface area contributed by atoms with Crippen LogP contribution in [0.25, 0.3) is 0 Å². The second kappa shape index (κ2) is 27.5. The highest BCUT2D eigenvalue weighted by Crippen LogP contribution is 2.14. The molecular weight excluding hydrogens is 873 g/mol. The number of amides is 6. The van der Waals surface area contributed by atoms with Gasteiger partial charge in [0.2, 0.25) is 35.4 Å². The highest BCUT2D eigenvalue weighted by Gasteiger charge is 2.36. The zero-order chi connectivity index (χ0) is 49.6. The molecule has 67 heavy (non-hydrogen) atoms. The van der Waals surface area contributed by atoms with Gasteiger partial charge >= 0.3 is 11.9 Å². The van der Waals surface area contributed by atoms with Crippen molar-refractivity contribution in [2.45, 2.75) is 120 Å². The van der Waals surface area contributed by atoms with E-state index in [0.717, 1.165) is 19.4 Å².